The van der Waals surface area contributed by atoms with Crippen LogP contribution in [0.4, 0.5) is 26.7 Å². The van der Waals surface area contributed by atoms with Crippen molar-refractivity contribution in [3.8, 4) is 11.4 Å². The van der Waals surface area contributed by atoms with E-state index in [-0.39, 0.29) is 47.2 Å². The molecule has 2 amide bonds. The van der Waals surface area contributed by atoms with Crippen LogP contribution >= 0.6 is 11.6 Å². The monoisotopic (exact) mass is 799 g/mol. The molecule has 18 heteroatoms. The van der Waals surface area contributed by atoms with Crippen LogP contribution in [-0.2, 0) is 9.53 Å². The average Bonchev–Trinajstić information content (AvgIpc) is 3.44. The maximum absolute atomic E-state index is 15.3. The van der Waals surface area contributed by atoms with Crippen LogP contribution in [0.1, 0.15) is 77.2 Å². The van der Waals surface area contributed by atoms with Gasteiger partial charge < -0.3 is 15.4 Å². The first-order valence-electron chi connectivity index (χ1n) is 17.8. The van der Waals surface area contributed by atoms with Gasteiger partial charge >= 0.3 is 18.8 Å². The zero-order chi connectivity index (χ0) is 40.4. The number of ether oxygens (including phenoxy) is 1. The number of halogens is 6. The quantitative estimate of drug-likeness (QED) is 0.138. The van der Waals surface area contributed by atoms with Gasteiger partial charge in [0.05, 0.1) is 23.0 Å². The van der Waals surface area contributed by atoms with Gasteiger partial charge in [0.25, 0.3) is 5.91 Å². The second-order valence-corrected chi connectivity index (χ2v) is 16.2. The molecule has 4 aromatic rings. The lowest BCUT2D eigenvalue weighted by atomic mass is 9.61. The zero-order valence-electron chi connectivity index (χ0n) is 30.8. The first kappa shape index (κ1) is 38.9. The highest BCUT2D eigenvalue weighted by molar-refractivity contribution is 6.33. The van der Waals surface area contributed by atoms with Crippen LogP contribution < -0.4 is 10.6 Å². The van der Waals surface area contributed by atoms with Crippen LogP contribution in [0, 0.1) is 16.2 Å². The Morgan fingerprint density at radius 2 is 1.89 bits per heavy atom. The smallest absolute Gasteiger partial charge is 0.411 e. The molecule has 1 saturated heterocycles. The molecule has 3 atom stereocenters. The number of amides is 2. The third kappa shape index (κ3) is 6.79. The number of carbonyl (C=O) groups is 2. The Balaban J connectivity index is 1.27. The standard InChI is InChI=1S/C38H39ClF5N9O3/c1-34(2,3)20-37(35(4)12-10-22(11-13-35)26-18-46-28-7-5-6-16-51(26)28)30(54)52(32(45)49-37)27(19-56-33(55)50-36(14-15-36)38(42,43)44)23-8-9-25(39)24(17-23)29-47-21-48-53(29)31(40)41/h5-12,16-18,21,27,31H,13-15,19-20H2,1-4H3,(H2,45,49)(H,50,55)/t27-,35?,37+/m1/s1. The minimum Gasteiger partial charge on any atom is -0.447 e. The summed E-state index contributed by atoms with van der Waals surface area (Å²) in [5, 5.41) is 18.0. The number of alkyl halides is 5. The Bertz CT molecular complexity index is 2280. The van der Waals surface area contributed by atoms with Crippen LogP contribution in [0.25, 0.3) is 22.6 Å². The van der Waals surface area contributed by atoms with E-state index in [0.717, 1.165) is 28.1 Å². The molecule has 3 aromatic heterocycles. The van der Waals surface area contributed by atoms with E-state index >= 15 is 4.79 Å². The maximum Gasteiger partial charge on any atom is 0.411 e. The number of benzene rings is 1. The van der Waals surface area contributed by atoms with Crippen molar-refractivity contribution >= 4 is 40.8 Å². The minimum absolute atomic E-state index is 0.00153. The normalized spacial score (nSPS) is 22.7. The van der Waals surface area contributed by atoms with Crippen LogP contribution in [0.2, 0.25) is 5.02 Å². The van der Waals surface area contributed by atoms with Gasteiger partial charge in [0, 0.05) is 17.2 Å². The van der Waals surface area contributed by atoms with Crippen molar-refractivity contribution in [3.05, 3.63) is 89.6 Å². The minimum atomic E-state index is -4.72. The van der Waals surface area contributed by atoms with Crippen molar-refractivity contribution < 1.29 is 36.3 Å². The molecule has 56 heavy (non-hydrogen) atoms. The van der Waals surface area contributed by atoms with E-state index in [4.69, 9.17) is 16.3 Å². The third-order valence-electron chi connectivity index (χ3n) is 10.7. The number of nitrogens with one attached hydrogen (secondary N) is 3. The molecule has 3 N–H and O–H groups in total. The molecule has 1 saturated carbocycles. The van der Waals surface area contributed by atoms with Gasteiger partial charge in [-0.3, -0.25) is 19.5 Å². The van der Waals surface area contributed by atoms with Gasteiger partial charge in [0.2, 0.25) is 0 Å². The molecular weight excluding hydrogens is 761 g/mol. The van der Waals surface area contributed by atoms with Gasteiger partial charge in [0.15, 0.2) is 11.8 Å². The van der Waals surface area contributed by atoms with Crippen LogP contribution in [0.5, 0.6) is 0 Å². The van der Waals surface area contributed by atoms with E-state index in [9.17, 15) is 32.2 Å². The molecule has 1 aromatic carbocycles. The van der Waals surface area contributed by atoms with Crippen molar-refractivity contribution in [3.63, 3.8) is 0 Å². The highest BCUT2D eigenvalue weighted by atomic mass is 35.5. The van der Waals surface area contributed by atoms with Gasteiger partial charge in [-0.2, -0.15) is 31.7 Å². The Morgan fingerprint density at radius 1 is 1.14 bits per heavy atom. The summed E-state index contributed by atoms with van der Waals surface area (Å²) in [4.78, 5) is 37.8. The highest BCUT2D eigenvalue weighted by Crippen LogP contribution is 2.51. The molecule has 3 aliphatic rings. The Kier molecular flexibility index (Phi) is 9.53. The lowest BCUT2D eigenvalue weighted by Gasteiger charge is -2.46. The number of hydrogen-bond acceptors (Lipinski definition) is 7. The summed E-state index contributed by atoms with van der Waals surface area (Å²) >= 11 is 6.47. The first-order chi connectivity index (χ1) is 26.3. The summed E-state index contributed by atoms with van der Waals surface area (Å²) in [5.74, 6) is -1.23. The Hall–Kier alpha value is -5.32. The molecule has 2 aliphatic carbocycles. The number of alkyl carbamates (subject to hydrolysis) is 1. The molecule has 1 aliphatic heterocycles. The van der Waals surface area contributed by atoms with E-state index in [1.165, 1.54) is 18.2 Å². The van der Waals surface area contributed by atoms with E-state index in [0.29, 0.717) is 11.1 Å². The summed E-state index contributed by atoms with van der Waals surface area (Å²) in [6.07, 6.45) is 4.26. The molecule has 2 fully saturated rings. The van der Waals surface area contributed by atoms with E-state index in [1.54, 1.807) is 6.20 Å². The maximum atomic E-state index is 15.3. The zero-order valence-corrected chi connectivity index (χ0v) is 31.6. The Morgan fingerprint density at radius 3 is 2.54 bits per heavy atom. The second-order valence-electron chi connectivity index (χ2n) is 15.8. The van der Waals surface area contributed by atoms with Gasteiger partial charge in [-0.25, -0.2) is 14.8 Å². The predicted octanol–water partition coefficient (Wildman–Crippen LogP) is 8.09. The van der Waals surface area contributed by atoms with Gasteiger partial charge in [-0.1, -0.05) is 69.7 Å². The number of imidazole rings is 1. The van der Waals surface area contributed by atoms with Crippen LogP contribution in [0.3, 0.4) is 0 Å². The van der Waals surface area contributed by atoms with Crippen LogP contribution in [0.15, 0.2) is 73.3 Å². The Labute approximate surface area is 323 Å². The van der Waals surface area contributed by atoms with E-state index in [2.05, 4.69) is 20.4 Å². The number of pyridine rings is 1. The largest absolute Gasteiger partial charge is 0.447 e. The first-order valence-corrected chi connectivity index (χ1v) is 18.2. The number of allylic oxidation sites excluding steroid dienone is 3. The van der Waals surface area contributed by atoms with Crippen LogP contribution in [-0.4, -0.2) is 70.9 Å². The summed E-state index contributed by atoms with van der Waals surface area (Å²) < 4.78 is 76.7. The van der Waals surface area contributed by atoms with Crippen molar-refractivity contribution in [1.29, 1.82) is 5.41 Å². The predicted molar refractivity (Wildman–Crippen MR) is 197 cm³/mol. The number of rotatable bonds is 10. The molecule has 4 heterocycles. The number of carbonyl (C=O) groups excluding carboxylic acids is 2. The molecule has 296 valence electrons. The van der Waals surface area contributed by atoms with Gasteiger partial charge in [-0.15, -0.1) is 0 Å². The second kappa shape index (κ2) is 13.7. The van der Waals surface area contributed by atoms with Crippen molar-refractivity contribution in [2.24, 2.45) is 10.8 Å². The molecule has 0 bridgehead atoms. The lowest BCUT2D eigenvalue weighted by Crippen LogP contribution is -2.60. The summed E-state index contributed by atoms with van der Waals surface area (Å²) in [6, 6.07) is 8.51. The molecule has 0 spiro atoms. The number of aromatic nitrogens is 5. The summed E-state index contributed by atoms with van der Waals surface area (Å²) in [5.41, 5.74) is -2.68. The van der Waals surface area contributed by atoms with E-state index < -0.39 is 59.3 Å². The SMILES string of the molecule is CC(C)(C)C[C@]1(C2(C)C=CC(c3cnc4ccccn34)=CC2)NC(=N)N([C@H](COC(=O)NC2(C(F)(F)F)CC2)c2ccc(Cl)c(-c3ncnn3C(F)F)c2)C1=O. The average molecular weight is 800 g/mol. The molecular formula is C38H39ClF5N9O3. The molecule has 1 unspecified atom stereocenters. The summed E-state index contributed by atoms with van der Waals surface area (Å²) in [6.45, 7) is 3.97. The van der Waals surface area contributed by atoms with Crippen molar-refractivity contribution in [2.45, 2.75) is 83.2 Å². The third-order valence-corrected chi connectivity index (χ3v) is 11.0. The van der Waals surface area contributed by atoms with Gasteiger partial charge in [0.1, 0.15) is 29.7 Å². The molecule has 7 rings (SSSR count). The lowest BCUT2D eigenvalue weighted by molar-refractivity contribution is -0.164. The fourth-order valence-electron chi connectivity index (χ4n) is 7.63. The molecule has 0 radical (unpaired) electrons. The molecule has 12 nitrogen and oxygen atoms in total. The van der Waals surface area contributed by atoms with Crippen molar-refractivity contribution in [1.82, 2.24) is 39.7 Å². The number of fused-ring (bicyclic) bond motifs is 1. The van der Waals surface area contributed by atoms with E-state index in [1.807, 2.05) is 80.0 Å². The van der Waals surface area contributed by atoms with Gasteiger partial charge in [-0.05, 0) is 66.5 Å². The highest BCUT2D eigenvalue weighted by Gasteiger charge is 2.65. The topological polar surface area (TPSA) is 143 Å². The summed E-state index contributed by atoms with van der Waals surface area (Å²) in [7, 11) is 0. The number of hydrogen-bond donors (Lipinski definition) is 3. The van der Waals surface area contributed by atoms with Crippen molar-refractivity contribution in [2.75, 3.05) is 6.61 Å². The number of guanidine groups is 1. The fraction of sp³-hybridized carbons (Fsp3) is 0.421. The number of nitrogens with zero attached hydrogens (tertiary/aromatic N) is 6. The fourth-order valence-corrected chi connectivity index (χ4v) is 7.83.